The van der Waals surface area contributed by atoms with Crippen LogP contribution in [0, 0.1) is 6.92 Å². The number of fused-ring (bicyclic) bond motifs is 3. The number of thiophene rings is 1. The number of hydrogen-bond donors (Lipinski definition) is 3. The Kier molecular flexibility index (Phi) is 6.31. The summed E-state index contributed by atoms with van der Waals surface area (Å²) in [6.07, 6.45) is 4.53. The largest absolute Gasteiger partial charge is 0.484 e. The van der Waals surface area contributed by atoms with Gasteiger partial charge in [0, 0.05) is 17.7 Å². The molecule has 0 atom stereocenters. The number of ether oxygens (including phenoxy) is 1. The summed E-state index contributed by atoms with van der Waals surface area (Å²) < 4.78 is 5.39. The zero-order valence-electron chi connectivity index (χ0n) is 17.2. The van der Waals surface area contributed by atoms with E-state index in [1.807, 2.05) is 25.1 Å². The van der Waals surface area contributed by atoms with Gasteiger partial charge in [0.05, 0.1) is 5.39 Å². The van der Waals surface area contributed by atoms with Gasteiger partial charge in [-0.3, -0.25) is 25.2 Å². The molecule has 2 heterocycles. The molecule has 0 bridgehead atoms. The number of amides is 2. The predicted octanol–water partition coefficient (Wildman–Crippen LogP) is 2.33. The Hall–Kier alpha value is -3.20. The van der Waals surface area contributed by atoms with Crippen molar-refractivity contribution < 1.29 is 14.3 Å². The van der Waals surface area contributed by atoms with Crippen molar-refractivity contribution in [3.8, 4) is 5.75 Å². The number of nitrogens with zero attached hydrogens (tertiary/aromatic N) is 1. The van der Waals surface area contributed by atoms with E-state index in [0.29, 0.717) is 17.0 Å². The number of aromatic nitrogens is 2. The summed E-state index contributed by atoms with van der Waals surface area (Å²) in [4.78, 5) is 45.8. The van der Waals surface area contributed by atoms with E-state index in [9.17, 15) is 14.4 Å². The monoisotopic (exact) mass is 440 g/mol. The minimum atomic E-state index is -0.466. The highest BCUT2D eigenvalue weighted by atomic mass is 32.1. The van der Waals surface area contributed by atoms with Crippen LogP contribution >= 0.6 is 11.3 Å². The fourth-order valence-corrected chi connectivity index (χ4v) is 4.93. The molecule has 1 aliphatic carbocycles. The molecule has 1 aromatic carbocycles. The van der Waals surface area contributed by atoms with Crippen LogP contribution in [0.4, 0.5) is 0 Å². The third kappa shape index (κ3) is 5.11. The van der Waals surface area contributed by atoms with E-state index in [4.69, 9.17) is 4.74 Å². The third-order valence-corrected chi connectivity index (χ3v) is 6.35. The Balaban J connectivity index is 1.27. The van der Waals surface area contributed by atoms with E-state index in [1.54, 1.807) is 17.4 Å². The summed E-state index contributed by atoms with van der Waals surface area (Å²) in [6, 6.07) is 7.35. The third-order valence-electron chi connectivity index (χ3n) is 5.16. The van der Waals surface area contributed by atoms with E-state index >= 15 is 0 Å². The number of hydrogen-bond acceptors (Lipinski definition) is 6. The lowest BCUT2D eigenvalue weighted by Gasteiger charge is -2.10. The molecule has 3 aromatic rings. The lowest BCUT2D eigenvalue weighted by molar-refractivity contribution is -0.130. The number of aryl methyl sites for hydroxylation is 4. The van der Waals surface area contributed by atoms with Gasteiger partial charge in [0.15, 0.2) is 6.61 Å². The molecule has 0 unspecified atom stereocenters. The number of benzene rings is 1. The smallest absolute Gasteiger partial charge is 0.276 e. The lowest BCUT2D eigenvalue weighted by Crippen LogP contribution is -2.44. The standard InChI is InChI=1S/C22H24N4O4S/c1-13-5-4-6-14(11-13)30-12-19(28)26-25-18(27)10-9-17-23-21(29)20-15-7-2-3-8-16(15)31-22(20)24-17/h4-6,11H,2-3,7-10,12H2,1H3,(H,25,27)(H,26,28)(H,23,24,29). The molecule has 8 nitrogen and oxygen atoms in total. The van der Waals surface area contributed by atoms with Crippen molar-refractivity contribution in [1.29, 1.82) is 0 Å². The number of nitrogens with one attached hydrogen (secondary N) is 3. The van der Waals surface area contributed by atoms with E-state index in [-0.39, 0.29) is 30.9 Å². The van der Waals surface area contributed by atoms with Crippen LogP contribution in [-0.2, 0) is 28.9 Å². The molecule has 9 heteroatoms. The van der Waals surface area contributed by atoms with E-state index < -0.39 is 5.91 Å². The zero-order chi connectivity index (χ0) is 21.8. The average molecular weight is 441 g/mol. The van der Waals surface area contributed by atoms with Gasteiger partial charge in [0.25, 0.3) is 11.5 Å². The first-order valence-corrected chi connectivity index (χ1v) is 11.1. The van der Waals surface area contributed by atoms with Crippen LogP contribution in [0.5, 0.6) is 5.75 Å². The number of carbonyl (C=O) groups excluding carboxylic acids is 2. The molecule has 4 rings (SSSR count). The van der Waals surface area contributed by atoms with Crippen LogP contribution in [0.15, 0.2) is 29.1 Å². The van der Waals surface area contributed by atoms with Gasteiger partial charge >= 0.3 is 0 Å². The first-order chi connectivity index (χ1) is 15.0. The maximum absolute atomic E-state index is 12.5. The Bertz CT molecular complexity index is 1180. The lowest BCUT2D eigenvalue weighted by atomic mass is 9.97. The molecule has 162 valence electrons. The molecule has 0 fully saturated rings. The minimum absolute atomic E-state index is 0.0819. The molecular weight excluding hydrogens is 416 g/mol. The second-order valence-corrected chi connectivity index (χ2v) is 8.69. The van der Waals surface area contributed by atoms with Crippen LogP contribution in [0.2, 0.25) is 0 Å². The molecule has 3 N–H and O–H groups in total. The summed E-state index contributed by atoms with van der Waals surface area (Å²) in [6.45, 7) is 1.72. The van der Waals surface area contributed by atoms with Gasteiger partial charge in [-0.25, -0.2) is 4.98 Å². The SMILES string of the molecule is Cc1cccc(OCC(=O)NNC(=O)CCc2nc3sc4c(c3c(=O)[nH]2)CCCC4)c1. The number of rotatable bonds is 6. The fourth-order valence-electron chi connectivity index (χ4n) is 3.65. The Labute approximate surface area is 183 Å². The highest BCUT2D eigenvalue weighted by Gasteiger charge is 2.20. The Morgan fingerprint density at radius 2 is 2.00 bits per heavy atom. The van der Waals surface area contributed by atoms with Crippen molar-refractivity contribution in [3.05, 3.63) is 56.4 Å². The zero-order valence-corrected chi connectivity index (χ0v) is 18.1. The normalized spacial score (nSPS) is 12.9. The molecule has 2 amide bonds. The molecule has 31 heavy (non-hydrogen) atoms. The molecule has 0 saturated heterocycles. The first kappa shape index (κ1) is 21.0. The molecule has 1 aliphatic rings. The van der Waals surface area contributed by atoms with Crippen molar-refractivity contribution in [2.45, 2.75) is 45.4 Å². The molecule has 0 aliphatic heterocycles. The van der Waals surface area contributed by atoms with Gasteiger partial charge in [-0.2, -0.15) is 0 Å². The number of hydrazine groups is 1. The van der Waals surface area contributed by atoms with Gasteiger partial charge in [-0.15, -0.1) is 11.3 Å². The summed E-state index contributed by atoms with van der Waals surface area (Å²) in [7, 11) is 0. The molecule has 0 radical (unpaired) electrons. The van der Waals surface area contributed by atoms with Gasteiger partial charge in [0.2, 0.25) is 5.91 Å². The topological polar surface area (TPSA) is 113 Å². The molecule has 0 saturated carbocycles. The molecular formula is C22H24N4O4S. The average Bonchev–Trinajstić information content (AvgIpc) is 3.14. The second kappa shape index (κ2) is 9.30. The van der Waals surface area contributed by atoms with Crippen molar-refractivity contribution in [3.63, 3.8) is 0 Å². The van der Waals surface area contributed by atoms with Crippen molar-refractivity contribution in [2.75, 3.05) is 6.61 Å². The predicted molar refractivity (Wildman–Crippen MR) is 118 cm³/mol. The van der Waals surface area contributed by atoms with Crippen molar-refractivity contribution in [1.82, 2.24) is 20.8 Å². The molecule has 0 spiro atoms. The summed E-state index contributed by atoms with van der Waals surface area (Å²) in [5.41, 5.74) is 6.71. The number of carbonyl (C=O) groups is 2. The summed E-state index contributed by atoms with van der Waals surface area (Å²) in [5, 5.41) is 0.703. The van der Waals surface area contributed by atoms with Crippen LogP contribution in [0.3, 0.4) is 0 Å². The highest BCUT2D eigenvalue weighted by molar-refractivity contribution is 7.18. The Morgan fingerprint density at radius 1 is 1.19 bits per heavy atom. The number of aromatic amines is 1. The van der Waals surface area contributed by atoms with Crippen molar-refractivity contribution >= 4 is 33.4 Å². The summed E-state index contributed by atoms with van der Waals surface area (Å²) >= 11 is 1.58. The van der Waals surface area contributed by atoms with Crippen LogP contribution in [0.1, 0.15) is 41.1 Å². The highest BCUT2D eigenvalue weighted by Crippen LogP contribution is 2.33. The quantitative estimate of drug-likeness (QED) is 0.509. The number of H-pyrrole nitrogens is 1. The summed E-state index contributed by atoms with van der Waals surface area (Å²) in [5.74, 6) is 0.214. The second-order valence-electron chi connectivity index (χ2n) is 7.61. The first-order valence-electron chi connectivity index (χ1n) is 10.3. The van der Waals surface area contributed by atoms with Gasteiger partial charge < -0.3 is 9.72 Å². The van der Waals surface area contributed by atoms with Crippen LogP contribution in [-0.4, -0.2) is 28.4 Å². The fraction of sp³-hybridized carbons (Fsp3) is 0.364. The van der Waals surface area contributed by atoms with Crippen LogP contribution < -0.4 is 21.1 Å². The Morgan fingerprint density at radius 3 is 2.84 bits per heavy atom. The maximum Gasteiger partial charge on any atom is 0.276 e. The minimum Gasteiger partial charge on any atom is -0.484 e. The van der Waals surface area contributed by atoms with E-state index in [1.165, 1.54) is 4.88 Å². The van der Waals surface area contributed by atoms with Gasteiger partial charge in [-0.05, 0) is 55.9 Å². The van der Waals surface area contributed by atoms with Gasteiger partial charge in [0.1, 0.15) is 16.4 Å². The van der Waals surface area contributed by atoms with Gasteiger partial charge in [-0.1, -0.05) is 12.1 Å². The van der Waals surface area contributed by atoms with E-state index in [0.717, 1.165) is 41.6 Å². The van der Waals surface area contributed by atoms with Crippen molar-refractivity contribution in [2.24, 2.45) is 0 Å². The van der Waals surface area contributed by atoms with E-state index in [2.05, 4.69) is 20.8 Å². The maximum atomic E-state index is 12.5. The van der Waals surface area contributed by atoms with Crippen LogP contribution in [0.25, 0.3) is 10.2 Å². The molecule has 2 aromatic heterocycles.